The summed E-state index contributed by atoms with van der Waals surface area (Å²) in [6.07, 6.45) is 0. The molecule has 0 bridgehead atoms. The van der Waals surface area contributed by atoms with Crippen LogP contribution in [0.5, 0.6) is 0 Å². The van der Waals surface area contributed by atoms with E-state index in [-0.39, 0.29) is 5.82 Å². The smallest absolute Gasteiger partial charge is 0.146 e. The largest absolute Gasteiger partial charge is 0.381 e. The summed E-state index contributed by atoms with van der Waals surface area (Å²) in [5, 5.41) is 3.18. The average molecular weight is 251 g/mol. The fourth-order valence-corrected chi connectivity index (χ4v) is 2.19. The molecule has 1 fully saturated rings. The molecule has 0 radical (unpaired) electrons. The zero-order chi connectivity index (χ0) is 13.0. The van der Waals surface area contributed by atoms with Gasteiger partial charge in [-0.1, -0.05) is 6.07 Å². The second kappa shape index (κ2) is 6.16. The van der Waals surface area contributed by atoms with Crippen LogP contribution < -0.4 is 5.32 Å². The van der Waals surface area contributed by atoms with Crippen molar-refractivity contribution in [3.05, 3.63) is 29.6 Å². The molecule has 0 atom stereocenters. The topological polar surface area (TPSA) is 18.5 Å². The molecule has 4 heteroatoms. The number of nitrogens with zero attached hydrogens (tertiary/aromatic N) is 2. The molecule has 1 heterocycles. The number of anilines is 1. The molecule has 3 nitrogen and oxygen atoms in total. The summed E-state index contributed by atoms with van der Waals surface area (Å²) >= 11 is 0. The molecule has 0 aliphatic carbocycles. The third-order valence-electron chi connectivity index (χ3n) is 3.46. The molecule has 0 saturated carbocycles. The van der Waals surface area contributed by atoms with Crippen LogP contribution in [0.4, 0.5) is 10.1 Å². The Bertz CT molecular complexity index is 387. The lowest BCUT2D eigenvalue weighted by atomic mass is 10.2. The van der Waals surface area contributed by atoms with Gasteiger partial charge in [0.15, 0.2) is 0 Å². The second-order valence-corrected chi connectivity index (χ2v) is 5.05. The fourth-order valence-electron chi connectivity index (χ4n) is 2.19. The van der Waals surface area contributed by atoms with E-state index in [1.807, 2.05) is 13.0 Å². The first-order valence-electron chi connectivity index (χ1n) is 6.56. The Balaban J connectivity index is 1.76. The fraction of sp³-hybridized carbons (Fsp3) is 0.571. The molecular formula is C14H22FN3. The predicted octanol–water partition coefficient (Wildman–Crippen LogP) is 1.79. The van der Waals surface area contributed by atoms with Crippen LogP contribution in [0.1, 0.15) is 5.56 Å². The minimum Gasteiger partial charge on any atom is -0.381 e. The monoisotopic (exact) mass is 251 g/mol. The molecule has 1 aliphatic heterocycles. The number of nitrogens with one attached hydrogen (secondary N) is 1. The number of benzene rings is 1. The van der Waals surface area contributed by atoms with E-state index in [4.69, 9.17) is 0 Å². The van der Waals surface area contributed by atoms with Gasteiger partial charge >= 0.3 is 0 Å². The number of piperazine rings is 1. The predicted molar refractivity (Wildman–Crippen MR) is 73.6 cm³/mol. The Kier molecular flexibility index (Phi) is 4.55. The van der Waals surface area contributed by atoms with Crippen LogP contribution in [0, 0.1) is 12.7 Å². The van der Waals surface area contributed by atoms with Crippen molar-refractivity contribution >= 4 is 5.69 Å². The maximum Gasteiger partial charge on any atom is 0.146 e. The van der Waals surface area contributed by atoms with Crippen LogP contribution in [-0.2, 0) is 0 Å². The minimum atomic E-state index is -0.168. The SMILES string of the molecule is Cc1ccc(F)c(NCCN2CCN(C)CC2)c1. The maximum atomic E-state index is 13.5. The summed E-state index contributed by atoms with van der Waals surface area (Å²) in [5.41, 5.74) is 1.70. The Morgan fingerprint density at radius 1 is 1.22 bits per heavy atom. The highest BCUT2D eigenvalue weighted by molar-refractivity contribution is 5.46. The van der Waals surface area contributed by atoms with Gasteiger partial charge in [-0.2, -0.15) is 0 Å². The molecule has 0 unspecified atom stereocenters. The molecular weight excluding hydrogens is 229 g/mol. The lowest BCUT2D eigenvalue weighted by molar-refractivity contribution is 0.158. The lowest BCUT2D eigenvalue weighted by Crippen LogP contribution is -2.45. The average Bonchev–Trinajstić information content (AvgIpc) is 2.36. The van der Waals surface area contributed by atoms with Gasteiger partial charge in [0.25, 0.3) is 0 Å². The first-order chi connectivity index (χ1) is 8.65. The van der Waals surface area contributed by atoms with E-state index in [9.17, 15) is 4.39 Å². The maximum absolute atomic E-state index is 13.5. The molecule has 0 spiro atoms. The quantitative estimate of drug-likeness (QED) is 0.880. The van der Waals surface area contributed by atoms with Crippen molar-refractivity contribution in [2.45, 2.75) is 6.92 Å². The number of rotatable bonds is 4. The third-order valence-corrected chi connectivity index (χ3v) is 3.46. The Morgan fingerprint density at radius 2 is 1.94 bits per heavy atom. The first-order valence-corrected chi connectivity index (χ1v) is 6.56. The molecule has 1 N–H and O–H groups in total. The van der Waals surface area contributed by atoms with E-state index < -0.39 is 0 Å². The van der Waals surface area contributed by atoms with E-state index in [2.05, 4.69) is 22.2 Å². The number of hydrogen-bond acceptors (Lipinski definition) is 3. The minimum absolute atomic E-state index is 0.168. The van der Waals surface area contributed by atoms with Crippen LogP contribution in [0.2, 0.25) is 0 Å². The lowest BCUT2D eigenvalue weighted by Gasteiger charge is -2.32. The highest BCUT2D eigenvalue weighted by atomic mass is 19.1. The standard InChI is InChI=1S/C14H22FN3/c1-12-3-4-13(15)14(11-12)16-5-6-18-9-7-17(2)8-10-18/h3-4,11,16H,5-10H2,1-2H3. The van der Waals surface area contributed by atoms with Crippen molar-refractivity contribution in [2.24, 2.45) is 0 Å². The van der Waals surface area contributed by atoms with Crippen molar-refractivity contribution < 1.29 is 4.39 Å². The second-order valence-electron chi connectivity index (χ2n) is 5.05. The molecule has 2 rings (SSSR count). The van der Waals surface area contributed by atoms with Crippen molar-refractivity contribution in [2.75, 3.05) is 51.6 Å². The highest BCUT2D eigenvalue weighted by Crippen LogP contribution is 2.15. The summed E-state index contributed by atoms with van der Waals surface area (Å²) in [6.45, 7) is 8.21. The molecule has 1 saturated heterocycles. The Morgan fingerprint density at radius 3 is 2.67 bits per heavy atom. The van der Waals surface area contributed by atoms with Gasteiger partial charge < -0.3 is 10.2 Å². The Hall–Kier alpha value is -1.13. The molecule has 100 valence electrons. The van der Waals surface area contributed by atoms with Crippen molar-refractivity contribution in [3.63, 3.8) is 0 Å². The van der Waals surface area contributed by atoms with Gasteiger partial charge in [-0.15, -0.1) is 0 Å². The molecule has 1 aliphatic rings. The van der Waals surface area contributed by atoms with E-state index in [0.717, 1.165) is 44.8 Å². The van der Waals surface area contributed by atoms with E-state index in [1.54, 1.807) is 6.07 Å². The van der Waals surface area contributed by atoms with E-state index in [1.165, 1.54) is 6.07 Å². The Labute approximate surface area is 109 Å². The van der Waals surface area contributed by atoms with Crippen molar-refractivity contribution in [3.8, 4) is 0 Å². The molecule has 0 amide bonds. The van der Waals surface area contributed by atoms with Gasteiger partial charge in [-0.25, -0.2) is 4.39 Å². The van der Waals surface area contributed by atoms with Gasteiger partial charge in [-0.3, -0.25) is 4.90 Å². The van der Waals surface area contributed by atoms with E-state index in [0.29, 0.717) is 5.69 Å². The first kappa shape index (κ1) is 13.3. The highest BCUT2D eigenvalue weighted by Gasteiger charge is 2.12. The van der Waals surface area contributed by atoms with Crippen LogP contribution >= 0.6 is 0 Å². The number of likely N-dealkylation sites (N-methyl/N-ethyl adjacent to an activating group) is 1. The number of aryl methyl sites for hydroxylation is 1. The summed E-state index contributed by atoms with van der Waals surface area (Å²) < 4.78 is 13.5. The number of hydrogen-bond donors (Lipinski definition) is 1. The molecule has 0 aromatic heterocycles. The van der Waals surface area contributed by atoms with Gasteiger partial charge in [0, 0.05) is 39.3 Å². The van der Waals surface area contributed by atoms with Gasteiger partial charge in [-0.05, 0) is 31.7 Å². The molecule has 1 aromatic carbocycles. The zero-order valence-electron chi connectivity index (χ0n) is 11.2. The summed E-state index contributed by atoms with van der Waals surface area (Å²) in [7, 11) is 2.15. The van der Waals surface area contributed by atoms with Gasteiger partial charge in [0.1, 0.15) is 5.82 Å². The van der Waals surface area contributed by atoms with Gasteiger partial charge in [0.05, 0.1) is 5.69 Å². The zero-order valence-corrected chi connectivity index (χ0v) is 11.2. The normalized spacial score (nSPS) is 17.9. The summed E-state index contributed by atoms with van der Waals surface area (Å²) in [5.74, 6) is -0.168. The molecule has 18 heavy (non-hydrogen) atoms. The van der Waals surface area contributed by atoms with E-state index >= 15 is 0 Å². The molecule has 1 aromatic rings. The number of halogens is 1. The van der Waals surface area contributed by atoms with Crippen LogP contribution in [0.3, 0.4) is 0 Å². The summed E-state index contributed by atoms with van der Waals surface area (Å²) in [4.78, 5) is 4.75. The van der Waals surface area contributed by atoms with Gasteiger partial charge in [0.2, 0.25) is 0 Å². The summed E-state index contributed by atoms with van der Waals surface area (Å²) in [6, 6.07) is 5.17. The third kappa shape index (κ3) is 3.68. The van der Waals surface area contributed by atoms with Crippen LogP contribution in [0.15, 0.2) is 18.2 Å². The van der Waals surface area contributed by atoms with Crippen LogP contribution in [0.25, 0.3) is 0 Å². The van der Waals surface area contributed by atoms with Crippen LogP contribution in [-0.4, -0.2) is 56.1 Å². The van der Waals surface area contributed by atoms with Crippen molar-refractivity contribution in [1.82, 2.24) is 9.80 Å². The van der Waals surface area contributed by atoms with Crippen molar-refractivity contribution in [1.29, 1.82) is 0 Å².